The van der Waals surface area contributed by atoms with E-state index in [0.29, 0.717) is 0 Å². The van der Waals surface area contributed by atoms with Crippen LogP contribution >= 0.6 is 0 Å². The van der Waals surface area contributed by atoms with E-state index in [-0.39, 0.29) is 50.7 Å². The third-order valence-corrected chi connectivity index (χ3v) is 1.69. The van der Waals surface area contributed by atoms with Crippen molar-refractivity contribution in [2.24, 2.45) is 0 Å². The van der Waals surface area contributed by atoms with E-state index < -0.39 is 0 Å². The fraction of sp³-hybridized carbons (Fsp3) is 0.111. The minimum Gasteiger partial charge on any atom is -1.00 e. The van der Waals surface area contributed by atoms with Gasteiger partial charge in [0.2, 0.25) is 0 Å². The molecular weight excluding hydrogens is 357 g/mol. The quantitative estimate of drug-likeness (QED) is 0.415. The number of fused-ring (bicyclic) bond motifs is 1. The second-order valence-corrected chi connectivity index (χ2v) is 2.31. The number of hydrogen-bond donors (Lipinski definition) is 0. The summed E-state index contributed by atoms with van der Waals surface area (Å²) >= 11 is 0. The van der Waals surface area contributed by atoms with Gasteiger partial charge in [-0.25, -0.2) is 0 Å². The van der Waals surface area contributed by atoms with Gasteiger partial charge in [-0.15, -0.1) is 0 Å². The Morgan fingerprint density at radius 2 is 1.67 bits per heavy atom. The zero-order valence-electron chi connectivity index (χ0n) is 6.43. The monoisotopic (exact) mass is 366 g/mol. The second kappa shape index (κ2) is 6.88. The molecule has 0 spiro atoms. The van der Waals surface area contributed by atoms with Crippen molar-refractivity contribution >= 4 is 6.08 Å². The number of allylic oxidation sites excluding steroid dienone is 1. The Bertz CT molecular complexity index is 258. The number of benzene rings is 1. The summed E-state index contributed by atoms with van der Waals surface area (Å²) in [4.78, 5) is 0. The summed E-state index contributed by atoms with van der Waals surface area (Å²) in [6.45, 7) is 0. The van der Waals surface area contributed by atoms with Gasteiger partial charge in [-0.05, 0) is 17.5 Å². The van der Waals surface area contributed by atoms with Gasteiger partial charge >= 0.3 is 0 Å². The Kier molecular flexibility index (Phi) is 8.54. The predicted molar refractivity (Wildman–Crippen MR) is 39.2 cm³/mol. The smallest absolute Gasteiger partial charge is 0 e. The molecule has 0 saturated heterocycles. The summed E-state index contributed by atoms with van der Waals surface area (Å²) in [5.41, 5.74) is 2.84. The maximum Gasteiger partial charge on any atom is 0 e. The summed E-state index contributed by atoms with van der Waals surface area (Å²) in [6, 6.07) is 8.49. The van der Waals surface area contributed by atoms with Crippen LogP contribution in [0.1, 0.15) is 11.1 Å². The molecule has 0 unspecified atom stereocenters. The topological polar surface area (TPSA) is 0 Å². The molecule has 12 heavy (non-hydrogen) atoms. The fourth-order valence-electron chi connectivity index (χ4n) is 1.20. The van der Waals surface area contributed by atoms with Crippen molar-refractivity contribution in [2.45, 2.75) is 6.42 Å². The fourth-order valence-corrected chi connectivity index (χ4v) is 1.20. The van der Waals surface area contributed by atoms with Crippen LogP contribution in [0.3, 0.4) is 0 Å². The zero-order valence-corrected chi connectivity index (χ0v) is 11.5. The van der Waals surface area contributed by atoms with Crippen molar-refractivity contribution < 1.29 is 50.7 Å². The van der Waals surface area contributed by atoms with Gasteiger partial charge in [0.1, 0.15) is 0 Å². The molecule has 1 aliphatic carbocycles. The summed E-state index contributed by atoms with van der Waals surface area (Å²) in [5.74, 6) is 0. The molecule has 1 aromatic carbocycles. The molecule has 0 heterocycles. The van der Waals surface area contributed by atoms with E-state index in [9.17, 15) is 0 Å². The van der Waals surface area contributed by atoms with Crippen molar-refractivity contribution in [3.8, 4) is 0 Å². The minimum absolute atomic E-state index is 0. The molecule has 0 bridgehead atoms. The van der Waals surface area contributed by atoms with Crippen LogP contribution in [0, 0.1) is 0 Å². The molecule has 0 nitrogen and oxygen atoms in total. The minimum atomic E-state index is 0. The van der Waals surface area contributed by atoms with E-state index in [0.717, 1.165) is 6.42 Å². The van der Waals surface area contributed by atoms with Crippen LogP contribution < -0.4 is 24.8 Å². The average Bonchev–Trinajstić information content (AvgIpc) is 2.33. The van der Waals surface area contributed by atoms with E-state index in [1.165, 1.54) is 11.1 Å². The normalized spacial score (nSPS) is 10.3. The molecule has 0 amide bonds. The number of halogens is 2. The van der Waals surface area contributed by atoms with Crippen molar-refractivity contribution in [3.05, 3.63) is 41.5 Å². The zero-order chi connectivity index (χ0) is 6.10. The molecule has 2 rings (SSSR count). The molecule has 0 aliphatic heterocycles. The first-order chi connectivity index (χ1) is 4.47. The van der Waals surface area contributed by atoms with Crippen molar-refractivity contribution in [2.75, 3.05) is 0 Å². The predicted octanol–water partition coefficient (Wildman–Crippen LogP) is -3.74. The Labute approximate surface area is 104 Å². The molecule has 0 atom stereocenters. The van der Waals surface area contributed by atoms with Gasteiger partial charge in [0.25, 0.3) is 0 Å². The second-order valence-electron chi connectivity index (χ2n) is 2.31. The van der Waals surface area contributed by atoms with Gasteiger partial charge in [-0.3, -0.25) is 0 Å². The molecular formula is C9H8Cl2Hf-2. The van der Waals surface area contributed by atoms with Crippen LogP contribution in [0.4, 0.5) is 0 Å². The molecule has 0 saturated carbocycles. The summed E-state index contributed by atoms with van der Waals surface area (Å²) in [6.07, 6.45) is 5.50. The molecule has 1 aliphatic rings. The molecule has 0 fully saturated rings. The van der Waals surface area contributed by atoms with Crippen LogP contribution in [-0.2, 0) is 32.3 Å². The van der Waals surface area contributed by atoms with Crippen molar-refractivity contribution in [3.63, 3.8) is 0 Å². The average molecular weight is 366 g/mol. The largest absolute Gasteiger partial charge is 1.00 e. The van der Waals surface area contributed by atoms with Gasteiger partial charge in [0, 0.05) is 25.8 Å². The maximum atomic E-state index is 2.20. The van der Waals surface area contributed by atoms with Gasteiger partial charge in [-0.1, -0.05) is 36.4 Å². The molecule has 64 valence electrons. The van der Waals surface area contributed by atoms with Gasteiger partial charge in [0.05, 0.1) is 0 Å². The number of rotatable bonds is 0. The van der Waals surface area contributed by atoms with E-state index in [1.54, 1.807) is 0 Å². The van der Waals surface area contributed by atoms with Crippen molar-refractivity contribution in [1.82, 2.24) is 0 Å². The standard InChI is InChI=1S/C9H8.2ClH.Hf/c1-2-5-9-7-3-6-8(9)4-1;;;/h1-6H,7H2;2*1H;/p-2. The summed E-state index contributed by atoms with van der Waals surface area (Å²) < 4.78 is 0. The first-order valence-corrected chi connectivity index (χ1v) is 3.21. The Morgan fingerprint density at radius 1 is 1.00 bits per heavy atom. The van der Waals surface area contributed by atoms with Crippen LogP contribution in [0.15, 0.2) is 30.3 Å². The van der Waals surface area contributed by atoms with E-state index in [1.807, 2.05) is 0 Å². The molecule has 0 radical (unpaired) electrons. The van der Waals surface area contributed by atoms with Gasteiger partial charge in [0.15, 0.2) is 0 Å². The Hall–Kier alpha value is 0.410. The summed E-state index contributed by atoms with van der Waals surface area (Å²) in [5, 5.41) is 0. The first kappa shape index (κ1) is 14.9. The van der Waals surface area contributed by atoms with Crippen LogP contribution in [0.25, 0.3) is 6.08 Å². The third-order valence-electron chi connectivity index (χ3n) is 1.69. The van der Waals surface area contributed by atoms with E-state index in [2.05, 4.69) is 36.4 Å². The third kappa shape index (κ3) is 3.04. The van der Waals surface area contributed by atoms with E-state index >= 15 is 0 Å². The molecule has 0 aromatic heterocycles. The Balaban J connectivity index is 0. The van der Waals surface area contributed by atoms with Crippen LogP contribution in [0.5, 0.6) is 0 Å². The van der Waals surface area contributed by atoms with Crippen LogP contribution in [-0.4, -0.2) is 0 Å². The number of hydrogen-bond acceptors (Lipinski definition) is 0. The maximum absolute atomic E-state index is 2.20. The first-order valence-electron chi connectivity index (χ1n) is 3.21. The Morgan fingerprint density at radius 3 is 2.33 bits per heavy atom. The molecule has 0 N–H and O–H groups in total. The van der Waals surface area contributed by atoms with E-state index in [4.69, 9.17) is 0 Å². The SMILES string of the molecule is C1=Cc2ccccc2C1.[Cl-].[Cl-].[Hf]. The molecule has 3 heteroatoms. The van der Waals surface area contributed by atoms with Gasteiger partial charge < -0.3 is 24.8 Å². The van der Waals surface area contributed by atoms with Gasteiger partial charge in [-0.2, -0.15) is 0 Å². The summed E-state index contributed by atoms with van der Waals surface area (Å²) in [7, 11) is 0. The van der Waals surface area contributed by atoms with Crippen LogP contribution in [0.2, 0.25) is 0 Å². The van der Waals surface area contributed by atoms with Crippen molar-refractivity contribution in [1.29, 1.82) is 0 Å². The molecule has 1 aromatic rings.